The summed E-state index contributed by atoms with van der Waals surface area (Å²) in [4.78, 5) is 15.7. The van der Waals surface area contributed by atoms with Crippen LogP contribution >= 0.6 is 0 Å². The Bertz CT molecular complexity index is 446. The van der Waals surface area contributed by atoms with Gasteiger partial charge in [-0.25, -0.2) is 0 Å². The summed E-state index contributed by atoms with van der Waals surface area (Å²) in [6, 6.07) is 3.51. The average Bonchev–Trinajstić information content (AvgIpc) is 2.36. The first-order chi connectivity index (χ1) is 7.98. The molecule has 1 amide bonds. The van der Waals surface area contributed by atoms with Gasteiger partial charge in [-0.2, -0.15) is 5.26 Å². The fourth-order valence-corrected chi connectivity index (χ4v) is 1.17. The third kappa shape index (κ3) is 3.87. The van der Waals surface area contributed by atoms with Crippen molar-refractivity contribution in [2.24, 2.45) is 5.41 Å². The zero-order valence-electron chi connectivity index (χ0n) is 10.4. The largest absolute Gasteiger partial charge is 0.351 e. The monoisotopic (exact) mass is 231 g/mol. The van der Waals surface area contributed by atoms with E-state index in [1.54, 1.807) is 6.07 Å². The second-order valence-electron chi connectivity index (χ2n) is 4.77. The van der Waals surface area contributed by atoms with E-state index in [1.165, 1.54) is 12.4 Å². The summed E-state index contributed by atoms with van der Waals surface area (Å²) >= 11 is 0. The Morgan fingerprint density at radius 1 is 1.53 bits per heavy atom. The summed E-state index contributed by atoms with van der Waals surface area (Å²) in [5.41, 5.74) is 0.902. The minimum Gasteiger partial charge on any atom is -0.351 e. The first kappa shape index (κ1) is 13.2. The Morgan fingerprint density at radius 3 is 2.82 bits per heavy atom. The van der Waals surface area contributed by atoms with Crippen molar-refractivity contribution in [3.8, 4) is 6.07 Å². The molecule has 4 heteroatoms. The van der Waals surface area contributed by atoms with Gasteiger partial charge in [-0.1, -0.05) is 20.8 Å². The van der Waals surface area contributed by atoms with Crippen molar-refractivity contribution < 1.29 is 4.79 Å². The molecule has 1 aromatic rings. The molecule has 0 aliphatic carbocycles. The smallest absolute Gasteiger partial charge is 0.252 e. The Morgan fingerprint density at radius 2 is 2.24 bits per heavy atom. The molecule has 0 fully saturated rings. The molecule has 1 aromatic heterocycles. The molecule has 0 aromatic carbocycles. The Balaban J connectivity index is 2.68. The van der Waals surface area contributed by atoms with E-state index in [0.29, 0.717) is 17.7 Å². The lowest BCUT2D eigenvalue weighted by atomic mass is 9.90. The standard InChI is InChI=1S/C13H17N3O/c1-4-13(2,3)9-16-12(17)11-5-10(6-14)7-15-8-11/h5,7-8H,4,9H2,1-3H3,(H,16,17). The number of hydrogen-bond acceptors (Lipinski definition) is 3. The van der Waals surface area contributed by atoms with E-state index < -0.39 is 0 Å². The topological polar surface area (TPSA) is 65.8 Å². The number of nitrogens with one attached hydrogen (secondary N) is 1. The van der Waals surface area contributed by atoms with Crippen molar-refractivity contribution in [3.63, 3.8) is 0 Å². The minimum absolute atomic E-state index is 0.0793. The highest BCUT2D eigenvalue weighted by Crippen LogP contribution is 2.17. The molecule has 0 saturated carbocycles. The molecule has 90 valence electrons. The van der Waals surface area contributed by atoms with Gasteiger partial charge in [-0.05, 0) is 17.9 Å². The van der Waals surface area contributed by atoms with Gasteiger partial charge in [0, 0.05) is 18.9 Å². The number of pyridine rings is 1. The fourth-order valence-electron chi connectivity index (χ4n) is 1.17. The minimum atomic E-state index is -0.184. The van der Waals surface area contributed by atoms with E-state index in [2.05, 4.69) is 31.1 Å². The van der Waals surface area contributed by atoms with Crippen LogP contribution in [0, 0.1) is 16.7 Å². The van der Waals surface area contributed by atoms with Gasteiger partial charge in [-0.15, -0.1) is 0 Å². The number of amides is 1. The lowest BCUT2D eigenvalue weighted by Gasteiger charge is -2.22. The van der Waals surface area contributed by atoms with Crippen LogP contribution in [-0.2, 0) is 0 Å². The van der Waals surface area contributed by atoms with E-state index in [0.717, 1.165) is 6.42 Å². The lowest BCUT2D eigenvalue weighted by molar-refractivity contribution is 0.0935. The number of aromatic nitrogens is 1. The molecule has 0 unspecified atom stereocenters. The molecule has 1 heterocycles. The van der Waals surface area contributed by atoms with Gasteiger partial charge in [0.1, 0.15) is 6.07 Å². The third-order valence-electron chi connectivity index (χ3n) is 2.81. The maximum atomic E-state index is 11.8. The van der Waals surface area contributed by atoms with Crippen LogP contribution in [0.2, 0.25) is 0 Å². The van der Waals surface area contributed by atoms with Gasteiger partial charge in [0.05, 0.1) is 11.1 Å². The zero-order valence-corrected chi connectivity index (χ0v) is 10.4. The van der Waals surface area contributed by atoms with Crippen LogP contribution in [0.5, 0.6) is 0 Å². The Hall–Kier alpha value is -1.89. The summed E-state index contributed by atoms with van der Waals surface area (Å²) in [5, 5.41) is 11.6. The fraction of sp³-hybridized carbons (Fsp3) is 0.462. The molecular weight excluding hydrogens is 214 g/mol. The van der Waals surface area contributed by atoms with Gasteiger partial charge >= 0.3 is 0 Å². The molecule has 17 heavy (non-hydrogen) atoms. The molecule has 0 spiro atoms. The van der Waals surface area contributed by atoms with Crippen LogP contribution in [0.4, 0.5) is 0 Å². The maximum Gasteiger partial charge on any atom is 0.252 e. The SMILES string of the molecule is CCC(C)(C)CNC(=O)c1cncc(C#N)c1. The van der Waals surface area contributed by atoms with E-state index >= 15 is 0 Å². The normalized spacial score (nSPS) is 10.7. The van der Waals surface area contributed by atoms with Crippen LogP contribution in [0.25, 0.3) is 0 Å². The van der Waals surface area contributed by atoms with Crippen LogP contribution in [0.1, 0.15) is 43.1 Å². The first-order valence-electron chi connectivity index (χ1n) is 5.62. The van der Waals surface area contributed by atoms with Crippen molar-refractivity contribution in [1.82, 2.24) is 10.3 Å². The highest BCUT2D eigenvalue weighted by molar-refractivity contribution is 5.94. The predicted octanol–water partition coefficient (Wildman–Crippen LogP) is 2.12. The third-order valence-corrected chi connectivity index (χ3v) is 2.81. The van der Waals surface area contributed by atoms with Crippen LogP contribution < -0.4 is 5.32 Å². The predicted molar refractivity (Wildman–Crippen MR) is 65.4 cm³/mol. The Labute approximate surface area is 102 Å². The second kappa shape index (κ2) is 5.44. The van der Waals surface area contributed by atoms with Gasteiger partial charge in [0.15, 0.2) is 0 Å². The van der Waals surface area contributed by atoms with Crippen LogP contribution in [0.15, 0.2) is 18.5 Å². The molecule has 0 saturated heterocycles. The number of carbonyl (C=O) groups excluding carboxylic acids is 1. The summed E-state index contributed by atoms with van der Waals surface area (Å²) in [6.45, 7) is 6.89. The summed E-state index contributed by atoms with van der Waals surface area (Å²) in [5.74, 6) is -0.184. The number of rotatable bonds is 4. The van der Waals surface area contributed by atoms with Gasteiger partial charge in [0.25, 0.3) is 5.91 Å². The number of nitrogens with zero attached hydrogens (tertiary/aromatic N) is 2. The highest BCUT2D eigenvalue weighted by Gasteiger charge is 2.16. The van der Waals surface area contributed by atoms with Crippen molar-refractivity contribution >= 4 is 5.91 Å². The van der Waals surface area contributed by atoms with E-state index in [4.69, 9.17) is 5.26 Å². The van der Waals surface area contributed by atoms with Crippen LogP contribution in [-0.4, -0.2) is 17.4 Å². The molecule has 4 nitrogen and oxygen atoms in total. The Kier molecular flexibility index (Phi) is 4.22. The van der Waals surface area contributed by atoms with E-state index in [9.17, 15) is 4.79 Å². The van der Waals surface area contributed by atoms with E-state index in [-0.39, 0.29) is 11.3 Å². The summed E-state index contributed by atoms with van der Waals surface area (Å²) in [7, 11) is 0. The first-order valence-corrected chi connectivity index (χ1v) is 5.62. The molecule has 0 radical (unpaired) electrons. The van der Waals surface area contributed by atoms with Crippen LogP contribution in [0.3, 0.4) is 0 Å². The van der Waals surface area contributed by atoms with Gasteiger partial charge in [-0.3, -0.25) is 9.78 Å². The number of nitriles is 1. The molecule has 0 aliphatic heterocycles. The quantitative estimate of drug-likeness (QED) is 0.863. The molecular formula is C13H17N3O. The van der Waals surface area contributed by atoms with Gasteiger partial charge < -0.3 is 5.32 Å². The molecule has 0 aliphatic rings. The lowest BCUT2D eigenvalue weighted by Crippen LogP contribution is -2.33. The zero-order chi connectivity index (χ0) is 12.9. The highest BCUT2D eigenvalue weighted by atomic mass is 16.1. The average molecular weight is 231 g/mol. The summed E-state index contributed by atoms with van der Waals surface area (Å²) < 4.78 is 0. The molecule has 1 rings (SSSR count). The van der Waals surface area contributed by atoms with Crippen molar-refractivity contribution in [2.45, 2.75) is 27.2 Å². The van der Waals surface area contributed by atoms with E-state index in [1.807, 2.05) is 6.07 Å². The molecule has 0 bridgehead atoms. The van der Waals surface area contributed by atoms with Crippen molar-refractivity contribution in [1.29, 1.82) is 5.26 Å². The van der Waals surface area contributed by atoms with Gasteiger partial charge in [0.2, 0.25) is 0 Å². The van der Waals surface area contributed by atoms with Crippen molar-refractivity contribution in [3.05, 3.63) is 29.6 Å². The maximum absolute atomic E-state index is 11.8. The number of hydrogen-bond donors (Lipinski definition) is 1. The molecule has 0 atom stereocenters. The summed E-state index contributed by atoms with van der Waals surface area (Å²) in [6.07, 6.45) is 3.89. The van der Waals surface area contributed by atoms with Crippen molar-refractivity contribution in [2.75, 3.05) is 6.54 Å². The second-order valence-corrected chi connectivity index (χ2v) is 4.77. The molecule has 1 N–H and O–H groups in total. The number of carbonyl (C=O) groups is 1.